The lowest BCUT2D eigenvalue weighted by atomic mass is 10.1. The maximum absolute atomic E-state index is 5.98. The first kappa shape index (κ1) is 16.9. The zero-order chi connectivity index (χ0) is 15.0. The first-order valence-electron chi connectivity index (χ1n) is 7.58. The summed E-state index contributed by atoms with van der Waals surface area (Å²) in [6.07, 6.45) is 4.93. The van der Waals surface area contributed by atoms with Gasteiger partial charge in [-0.1, -0.05) is 19.9 Å². The minimum Gasteiger partial charge on any atom is -0.383 e. The molecule has 0 fully saturated rings. The molecule has 0 bridgehead atoms. The molecule has 0 aliphatic rings. The van der Waals surface area contributed by atoms with E-state index in [1.165, 1.54) is 5.56 Å². The number of nitrogens with two attached hydrogens (primary N) is 1. The van der Waals surface area contributed by atoms with E-state index < -0.39 is 0 Å². The van der Waals surface area contributed by atoms with Crippen LogP contribution in [0.2, 0.25) is 0 Å². The van der Waals surface area contributed by atoms with E-state index in [1.54, 1.807) is 7.11 Å². The van der Waals surface area contributed by atoms with Crippen molar-refractivity contribution in [3.8, 4) is 0 Å². The van der Waals surface area contributed by atoms with Crippen molar-refractivity contribution in [2.45, 2.75) is 52.1 Å². The predicted octanol–water partition coefficient (Wildman–Crippen LogP) is 2.61. The monoisotopic (exact) mass is 279 g/mol. The number of anilines is 1. The van der Waals surface area contributed by atoms with Gasteiger partial charge in [0, 0.05) is 31.9 Å². The number of methoxy groups -OCH3 is 1. The second-order valence-corrected chi connectivity index (χ2v) is 5.34. The summed E-state index contributed by atoms with van der Waals surface area (Å²) in [5, 5.41) is 0. The third-order valence-electron chi connectivity index (χ3n) is 3.78. The normalized spacial score (nSPS) is 14.1. The summed E-state index contributed by atoms with van der Waals surface area (Å²) in [6.45, 7) is 8.11. The van der Waals surface area contributed by atoms with Gasteiger partial charge < -0.3 is 15.4 Å². The Labute approximate surface area is 123 Å². The molecule has 20 heavy (non-hydrogen) atoms. The average molecular weight is 279 g/mol. The quantitative estimate of drug-likeness (QED) is 0.755. The Hall–Kier alpha value is -1.13. The first-order valence-corrected chi connectivity index (χ1v) is 7.58. The van der Waals surface area contributed by atoms with Crippen LogP contribution in [0, 0.1) is 0 Å². The molecule has 114 valence electrons. The largest absolute Gasteiger partial charge is 0.383 e. The van der Waals surface area contributed by atoms with E-state index in [2.05, 4.69) is 42.8 Å². The second kappa shape index (κ2) is 8.93. The summed E-state index contributed by atoms with van der Waals surface area (Å²) in [7, 11) is 1.73. The van der Waals surface area contributed by atoms with Crippen LogP contribution in [0.25, 0.3) is 0 Å². The van der Waals surface area contributed by atoms with Crippen molar-refractivity contribution in [3.05, 3.63) is 23.9 Å². The molecule has 2 N–H and O–H groups in total. The van der Waals surface area contributed by atoms with Crippen LogP contribution in [0.4, 0.5) is 5.82 Å². The van der Waals surface area contributed by atoms with Gasteiger partial charge in [-0.25, -0.2) is 4.98 Å². The molecular weight excluding hydrogens is 250 g/mol. The van der Waals surface area contributed by atoms with Gasteiger partial charge in [0.05, 0.1) is 6.61 Å². The van der Waals surface area contributed by atoms with Crippen molar-refractivity contribution < 1.29 is 4.74 Å². The van der Waals surface area contributed by atoms with Gasteiger partial charge in [0.15, 0.2) is 0 Å². The number of hydrogen-bond donors (Lipinski definition) is 1. The van der Waals surface area contributed by atoms with Crippen LogP contribution in [-0.2, 0) is 11.2 Å². The molecule has 0 aromatic carbocycles. The fourth-order valence-corrected chi connectivity index (χ4v) is 2.13. The highest BCUT2D eigenvalue weighted by Crippen LogP contribution is 2.16. The summed E-state index contributed by atoms with van der Waals surface area (Å²) >= 11 is 0. The van der Waals surface area contributed by atoms with Gasteiger partial charge in [0.1, 0.15) is 5.82 Å². The molecule has 1 rings (SSSR count). The molecular formula is C16H29N3O. The maximum Gasteiger partial charge on any atom is 0.128 e. The summed E-state index contributed by atoms with van der Waals surface area (Å²) in [6, 6.07) is 4.92. The molecule has 0 saturated heterocycles. The van der Waals surface area contributed by atoms with Crippen LogP contribution in [0.15, 0.2) is 18.3 Å². The highest BCUT2D eigenvalue weighted by atomic mass is 16.5. The molecule has 0 saturated carbocycles. The molecule has 0 aliphatic heterocycles. The van der Waals surface area contributed by atoms with Crippen LogP contribution >= 0.6 is 0 Å². The van der Waals surface area contributed by atoms with Crippen molar-refractivity contribution >= 4 is 5.82 Å². The Kier molecular flexibility index (Phi) is 7.55. The lowest BCUT2D eigenvalue weighted by Crippen LogP contribution is -2.36. The molecule has 0 amide bonds. The third-order valence-corrected chi connectivity index (χ3v) is 3.78. The number of aromatic nitrogens is 1. The summed E-state index contributed by atoms with van der Waals surface area (Å²) in [5.41, 5.74) is 7.19. The summed E-state index contributed by atoms with van der Waals surface area (Å²) < 4.78 is 5.19. The molecule has 4 nitrogen and oxygen atoms in total. The molecule has 0 spiro atoms. The molecule has 0 radical (unpaired) electrons. The van der Waals surface area contributed by atoms with Gasteiger partial charge >= 0.3 is 0 Å². The van der Waals surface area contributed by atoms with Crippen molar-refractivity contribution in [1.82, 2.24) is 4.98 Å². The highest BCUT2D eigenvalue weighted by molar-refractivity contribution is 5.40. The first-order chi connectivity index (χ1) is 9.62. The number of rotatable bonds is 9. The average Bonchev–Trinajstić information content (AvgIpc) is 2.48. The lowest BCUT2D eigenvalue weighted by Gasteiger charge is -2.29. The van der Waals surface area contributed by atoms with E-state index >= 15 is 0 Å². The van der Waals surface area contributed by atoms with Gasteiger partial charge in [-0.3, -0.25) is 0 Å². The van der Waals surface area contributed by atoms with Crippen molar-refractivity contribution in [2.24, 2.45) is 5.73 Å². The zero-order valence-corrected chi connectivity index (χ0v) is 13.3. The van der Waals surface area contributed by atoms with Gasteiger partial charge in [-0.15, -0.1) is 0 Å². The Bertz CT molecular complexity index is 366. The van der Waals surface area contributed by atoms with Gasteiger partial charge in [0.2, 0.25) is 0 Å². The fourth-order valence-electron chi connectivity index (χ4n) is 2.13. The summed E-state index contributed by atoms with van der Waals surface area (Å²) in [4.78, 5) is 6.90. The number of pyridine rings is 1. The van der Waals surface area contributed by atoms with E-state index in [1.807, 2.05) is 6.20 Å². The van der Waals surface area contributed by atoms with Crippen LogP contribution in [0.1, 0.15) is 39.2 Å². The van der Waals surface area contributed by atoms with Crippen LogP contribution in [-0.4, -0.2) is 37.3 Å². The van der Waals surface area contributed by atoms with Gasteiger partial charge in [-0.2, -0.15) is 0 Å². The molecule has 1 aromatic heterocycles. The minimum atomic E-state index is 0.224. The van der Waals surface area contributed by atoms with E-state index in [9.17, 15) is 0 Å². The van der Waals surface area contributed by atoms with Crippen molar-refractivity contribution in [1.29, 1.82) is 0 Å². The topological polar surface area (TPSA) is 51.4 Å². The highest BCUT2D eigenvalue weighted by Gasteiger charge is 2.14. The van der Waals surface area contributed by atoms with Crippen LogP contribution in [0.3, 0.4) is 0 Å². The van der Waals surface area contributed by atoms with Crippen LogP contribution in [0.5, 0.6) is 0 Å². The number of nitrogens with zero attached hydrogens (tertiary/aromatic N) is 2. The predicted molar refractivity (Wildman–Crippen MR) is 85.2 cm³/mol. The minimum absolute atomic E-state index is 0.224. The van der Waals surface area contributed by atoms with Crippen LogP contribution < -0.4 is 10.6 Å². The van der Waals surface area contributed by atoms with E-state index in [0.29, 0.717) is 12.6 Å². The summed E-state index contributed by atoms with van der Waals surface area (Å²) in [5.74, 6) is 1.02. The Morgan fingerprint density at radius 1 is 1.30 bits per heavy atom. The maximum atomic E-state index is 5.98. The van der Waals surface area contributed by atoms with Crippen molar-refractivity contribution in [3.63, 3.8) is 0 Å². The van der Waals surface area contributed by atoms with Crippen molar-refractivity contribution in [2.75, 3.05) is 25.2 Å². The van der Waals surface area contributed by atoms with Gasteiger partial charge in [0.25, 0.3) is 0 Å². The number of ether oxygens (including phenoxy) is 1. The molecule has 2 atom stereocenters. The smallest absolute Gasteiger partial charge is 0.128 e. The molecule has 1 heterocycles. The zero-order valence-electron chi connectivity index (χ0n) is 13.3. The van der Waals surface area contributed by atoms with E-state index in [0.717, 1.165) is 31.6 Å². The Morgan fingerprint density at radius 3 is 2.55 bits per heavy atom. The Morgan fingerprint density at radius 2 is 2.05 bits per heavy atom. The van der Waals surface area contributed by atoms with Gasteiger partial charge in [-0.05, 0) is 37.8 Å². The molecule has 2 unspecified atom stereocenters. The third kappa shape index (κ3) is 5.10. The van der Waals surface area contributed by atoms with E-state index in [-0.39, 0.29) is 6.04 Å². The SMILES string of the molecule is CCC(N)Cc1ccc(N(CCOC)C(C)CC)nc1. The molecule has 0 aliphatic carbocycles. The second-order valence-electron chi connectivity index (χ2n) is 5.34. The van der Waals surface area contributed by atoms with E-state index in [4.69, 9.17) is 10.5 Å². The Balaban J connectivity index is 2.76. The lowest BCUT2D eigenvalue weighted by molar-refractivity contribution is 0.203. The number of hydrogen-bond acceptors (Lipinski definition) is 4. The fraction of sp³-hybridized carbons (Fsp3) is 0.688. The molecule has 1 aromatic rings. The standard InChI is InChI=1S/C16H29N3O/c1-5-13(3)19(9-10-20-4)16-8-7-14(12-18-16)11-15(17)6-2/h7-8,12-13,15H,5-6,9-11,17H2,1-4H3. The molecule has 4 heteroatoms.